The number of aromatic nitrogens is 5. The maximum atomic E-state index is 11.5. The molecule has 0 bridgehead atoms. The van der Waals surface area contributed by atoms with Gasteiger partial charge in [-0.25, -0.2) is 4.98 Å². The van der Waals surface area contributed by atoms with Crippen molar-refractivity contribution < 1.29 is 9.32 Å². The van der Waals surface area contributed by atoms with Gasteiger partial charge in [0.15, 0.2) is 6.33 Å². The van der Waals surface area contributed by atoms with Crippen LogP contribution in [0.5, 0.6) is 0 Å². The van der Waals surface area contributed by atoms with Gasteiger partial charge in [-0.1, -0.05) is 5.16 Å². The van der Waals surface area contributed by atoms with Crippen LogP contribution in [-0.4, -0.2) is 37.8 Å². The van der Waals surface area contributed by atoms with E-state index in [1.54, 1.807) is 6.92 Å². The van der Waals surface area contributed by atoms with Crippen molar-refractivity contribution in [3.63, 3.8) is 0 Å². The van der Waals surface area contributed by atoms with Gasteiger partial charge in [0.2, 0.25) is 11.7 Å². The molecule has 2 heterocycles. The molecule has 0 spiro atoms. The van der Waals surface area contributed by atoms with E-state index in [-0.39, 0.29) is 11.7 Å². The fraction of sp³-hybridized carbons (Fsp3) is 0.375. The lowest BCUT2D eigenvalue weighted by Gasteiger charge is -1.98. The molecule has 2 aromatic rings. The molecular weight excluding hydrogens is 212 g/mol. The van der Waals surface area contributed by atoms with Gasteiger partial charge in [0.25, 0.3) is 5.91 Å². The van der Waals surface area contributed by atoms with Crippen LogP contribution in [0.15, 0.2) is 10.9 Å². The maximum Gasteiger partial charge on any atom is 0.290 e. The number of nitrogens with zero attached hydrogens (tertiary/aromatic N) is 4. The highest BCUT2D eigenvalue weighted by Crippen LogP contribution is 1.93. The molecule has 84 valence electrons. The first-order chi connectivity index (χ1) is 7.75. The average molecular weight is 222 g/mol. The number of hydrogen-bond acceptors (Lipinski definition) is 6. The van der Waals surface area contributed by atoms with Crippen LogP contribution in [0.1, 0.15) is 22.3 Å². The van der Waals surface area contributed by atoms with Crippen LogP contribution in [0.2, 0.25) is 0 Å². The Morgan fingerprint density at radius 3 is 3.12 bits per heavy atom. The van der Waals surface area contributed by atoms with Crippen LogP contribution >= 0.6 is 0 Å². The number of carbonyl (C=O) groups is 1. The second-order valence-electron chi connectivity index (χ2n) is 3.09. The summed E-state index contributed by atoms with van der Waals surface area (Å²) in [5, 5.41) is 12.4. The predicted octanol–water partition coefficient (Wildman–Crippen LogP) is -0.531. The average Bonchev–Trinajstić information content (AvgIpc) is 2.89. The monoisotopic (exact) mass is 222 g/mol. The smallest absolute Gasteiger partial charge is 0.290 e. The van der Waals surface area contributed by atoms with E-state index in [0.29, 0.717) is 24.7 Å². The highest BCUT2D eigenvalue weighted by Gasteiger charge is 2.10. The normalized spacial score (nSPS) is 10.3. The van der Waals surface area contributed by atoms with Crippen molar-refractivity contribution in [3.05, 3.63) is 23.9 Å². The molecule has 0 saturated carbocycles. The molecule has 1 amide bonds. The molecule has 2 rings (SSSR count). The fourth-order valence-electron chi connectivity index (χ4n) is 1.11. The summed E-state index contributed by atoms with van der Waals surface area (Å²) >= 11 is 0. The summed E-state index contributed by atoms with van der Waals surface area (Å²) < 4.78 is 4.78. The molecule has 0 aliphatic carbocycles. The van der Waals surface area contributed by atoms with Gasteiger partial charge in [-0.05, 0) is 6.92 Å². The minimum atomic E-state index is -0.330. The van der Waals surface area contributed by atoms with Crippen molar-refractivity contribution in [1.82, 2.24) is 30.6 Å². The molecule has 0 atom stereocenters. The summed E-state index contributed by atoms with van der Waals surface area (Å²) in [7, 11) is 0. The van der Waals surface area contributed by atoms with Gasteiger partial charge in [-0.15, -0.1) is 5.10 Å². The SMILES string of the molecule is Cc1nc(C(=O)NCCc2ncno2)n[nH]1. The van der Waals surface area contributed by atoms with Crippen LogP contribution in [0.25, 0.3) is 0 Å². The van der Waals surface area contributed by atoms with Crippen molar-refractivity contribution in [1.29, 1.82) is 0 Å². The van der Waals surface area contributed by atoms with Gasteiger partial charge < -0.3 is 9.84 Å². The molecule has 0 radical (unpaired) electrons. The predicted molar refractivity (Wildman–Crippen MR) is 51.5 cm³/mol. The number of carbonyl (C=O) groups excluding carboxylic acids is 1. The van der Waals surface area contributed by atoms with Crippen LogP contribution in [0.4, 0.5) is 0 Å². The minimum absolute atomic E-state index is 0.128. The lowest BCUT2D eigenvalue weighted by molar-refractivity contribution is 0.0943. The maximum absolute atomic E-state index is 11.5. The largest absolute Gasteiger partial charge is 0.349 e. The topological polar surface area (TPSA) is 110 Å². The second-order valence-corrected chi connectivity index (χ2v) is 3.09. The number of nitrogens with one attached hydrogen (secondary N) is 2. The summed E-state index contributed by atoms with van der Waals surface area (Å²) in [5.74, 6) is 0.875. The minimum Gasteiger partial charge on any atom is -0.349 e. The molecule has 0 aromatic carbocycles. The van der Waals surface area contributed by atoms with Crippen LogP contribution in [0.3, 0.4) is 0 Å². The zero-order valence-corrected chi connectivity index (χ0v) is 8.60. The zero-order valence-electron chi connectivity index (χ0n) is 8.60. The van der Waals surface area contributed by atoms with Crippen LogP contribution in [-0.2, 0) is 6.42 Å². The number of hydrogen-bond donors (Lipinski definition) is 2. The number of H-pyrrole nitrogens is 1. The highest BCUT2D eigenvalue weighted by molar-refractivity contribution is 5.90. The third-order valence-corrected chi connectivity index (χ3v) is 1.83. The first-order valence-corrected chi connectivity index (χ1v) is 4.68. The second kappa shape index (κ2) is 4.51. The third kappa shape index (κ3) is 2.41. The van der Waals surface area contributed by atoms with Crippen molar-refractivity contribution in [2.45, 2.75) is 13.3 Å². The summed E-state index contributed by atoms with van der Waals surface area (Å²) in [6.07, 6.45) is 1.80. The Morgan fingerprint density at radius 2 is 2.50 bits per heavy atom. The van der Waals surface area contributed by atoms with Crippen molar-refractivity contribution in [2.24, 2.45) is 0 Å². The Morgan fingerprint density at radius 1 is 1.62 bits per heavy atom. The van der Waals surface area contributed by atoms with E-state index in [0.717, 1.165) is 0 Å². The summed E-state index contributed by atoms with van der Waals surface area (Å²) in [4.78, 5) is 19.2. The quantitative estimate of drug-likeness (QED) is 0.719. The van der Waals surface area contributed by atoms with Crippen LogP contribution in [0, 0.1) is 6.92 Å². The molecule has 2 N–H and O–H groups in total. The van der Waals surface area contributed by atoms with Crippen molar-refractivity contribution in [3.8, 4) is 0 Å². The zero-order chi connectivity index (χ0) is 11.4. The van der Waals surface area contributed by atoms with Gasteiger partial charge >= 0.3 is 0 Å². The number of rotatable bonds is 4. The van der Waals surface area contributed by atoms with Gasteiger partial charge in [0.1, 0.15) is 5.82 Å². The molecule has 8 nitrogen and oxygen atoms in total. The molecule has 0 unspecified atom stereocenters. The molecular formula is C8H10N6O2. The molecule has 16 heavy (non-hydrogen) atoms. The summed E-state index contributed by atoms with van der Waals surface area (Å²) in [6, 6.07) is 0. The first-order valence-electron chi connectivity index (χ1n) is 4.68. The van der Waals surface area contributed by atoms with Crippen LogP contribution < -0.4 is 5.32 Å². The third-order valence-electron chi connectivity index (χ3n) is 1.83. The lowest BCUT2D eigenvalue weighted by atomic mass is 10.4. The van der Waals surface area contributed by atoms with E-state index in [4.69, 9.17) is 4.52 Å². The summed E-state index contributed by atoms with van der Waals surface area (Å²) in [6.45, 7) is 2.12. The number of aryl methyl sites for hydroxylation is 1. The molecule has 0 saturated heterocycles. The van der Waals surface area contributed by atoms with Gasteiger partial charge in [-0.2, -0.15) is 4.98 Å². The molecule has 0 fully saturated rings. The molecule has 2 aromatic heterocycles. The summed E-state index contributed by atoms with van der Waals surface area (Å²) in [5.41, 5.74) is 0. The number of aromatic amines is 1. The molecule has 8 heteroatoms. The first kappa shape index (κ1) is 10.3. The molecule has 0 aliphatic rings. The van der Waals surface area contributed by atoms with Gasteiger partial charge in [0.05, 0.1) is 0 Å². The van der Waals surface area contributed by atoms with Crippen molar-refractivity contribution in [2.75, 3.05) is 6.54 Å². The Labute approximate surface area is 90.5 Å². The van der Waals surface area contributed by atoms with E-state index in [9.17, 15) is 4.79 Å². The lowest BCUT2D eigenvalue weighted by Crippen LogP contribution is -2.26. The van der Waals surface area contributed by atoms with Gasteiger partial charge in [0, 0.05) is 13.0 Å². The Kier molecular flexibility index (Phi) is 2.90. The molecule has 0 aliphatic heterocycles. The van der Waals surface area contributed by atoms with E-state index >= 15 is 0 Å². The highest BCUT2D eigenvalue weighted by atomic mass is 16.5. The van der Waals surface area contributed by atoms with E-state index in [1.165, 1.54) is 6.33 Å². The Bertz CT molecular complexity index is 463. The van der Waals surface area contributed by atoms with Crippen molar-refractivity contribution >= 4 is 5.91 Å². The van der Waals surface area contributed by atoms with Gasteiger partial charge in [-0.3, -0.25) is 9.89 Å². The van der Waals surface area contributed by atoms with E-state index in [2.05, 4.69) is 30.6 Å². The van der Waals surface area contributed by atoms with E-state index in [1.807, 2.05) is 0 Å². The Balaban J connectivity index is 1.80. The van der Waals surface area contributed by atoms with E-state index < -0.39 is 0 Å². The Hall–Kier alpha value is -2.25. The fourth-order valence-corrected chi connectivity index (χ4v) is 1.11. The number of amides is 1. The standard InChI is InChI=1S/C8H10N6O2/c1-5-12-7(14-13-5)8(15)9-3-2-6-10-4-11-16-6/h4H,2-3H2,1H3,(H,9,15)(H,12,13,14).